The molecule has 0 aliphatic carbocycles. The van der Waals surface area contributed by atoms with Gasteiger partial charge in [0.25, 0.3) is 0 Å². The first-order chi connectivity index (χ1) is 4.20. The molecule has 0 aromatic heterocycles. The predicted molar refractivity (Wildman–Crippen MR) is 37.0 cm³/mol. The fraction of sp³-hybridized carbons (Fsp3) is 0.833. The fourth-order valence-electron chi connectivity index (χ4n) is 1.07. The molecule has 1 aliphatic heterocycles. The second kappa shape index (κ2) is 2.35. The van der Waals surface area contributed by atoms with E-state index in [-0.39, 0.29) is 13.4 Å². The van der Waals surface area contributed by atoms with Gasteiger partial charge in [0.1, 0.15) is 0 Å². The molecular formula is C6H14N2O. The minimum Gasteiger partial charge on any atom is -0.341 e. The molecule has 9 heavy (non-hydrogen) atoms. The molecule has 3 heteroatoms. The molecule has 1 atom stereocenters. The number of hydrogen-bond donors (Lipinski definition) is 1. The number of carbonyl (C=O) groups excluding carboxylic acids is 1. The molecule has 1 fully saturated rings. The number of likely N-dealkylation sites (tertiary alicyclic amines) is 1. The van der Waals surface area contributed by atoms with E-state index in [9.17, 15) is 4.79 Å². The third-order valence-corrected chi connectivity index (χ3v) is 1.67. The van der Waals surface area contributed by atoms with Crippen LogP contribution in [0.1, 0.15) is 14.8 Å². The lowest BCUT2D eigenvalue weighted by atomic mass is 10.3. The van der Waals surface area contributed by atoms with Crippen LogP contribution in [-0.4, -0.2) is 29.9 Å². The maximum Gasteiger partial charge on any atom is 0.219 e. The summed E-state index contributed by atoms with van der Waals surface area (Å²) < 4.78 is 0. The second-order valence-corrected chi connectivity index (χ2v) is 2.51. The van der Waals surface area contributed by atoms with E-state index < -0.39 is 0 Å². The number of amides is 1. The van der Waals surface area contributed by atoms with Gasteiger partial charge in [-0.25, -0.2) is 0 Å². The molecule has 0 spiro atoms. The molecule has 0 aromatic rings. The summed E-state index contributed by atoms with van der Waals surface area (Å²) in [7, 11) is 0. The molecule has 1 amide bonds. The maximum atomic E-state index is 10.7. The third kappa shape index (κ3) is 1.42. The van der Waals surface area contributed by atoms with E-state index in [1.54, 1.807) is 11.8 Å². The zero-order valence-corrected chi connectivity index (χ0v) is 5.63. The lowest BCUT2D eigenvalue weighted by Crippen LogP contribution is -2.29. The van der Waals surface area contributed by atoms with Crippen molar-refractivity contribution in [3.05, 3.63) is 0 Å². The van der Waals surface area contributed by atoms with Gasteiger partial charge in [-0.3, -0.25) is 4.79 Å². The molecule has 1 aliphatic rings. The van der Waals surface area contributed by atoms with Crippen LogP contribution in [0.4, 0.5) is 0 Å². The minimum atomic E-state index is 0. The molecule has 1 heterocycles. The second-order valence-electron chi connectivity index (χ2n) is 2.51. The van der Waals surface area contributed by atoms with E-state index in [1.165, 1.54) is 0 Å². The van der Waals surface area contributed by atoms with Crippen molar-refractivity contribution in [3.63, 3.8) is 0 Å². The van der Waals surface area contributed by atoms with E-state index in [1.807, 2.05) is 0 Å². The van der Waals surface area contributed by atoms with Gasteiger partial charge >= 0.3 is 0 Å². The Kier molecular flexibility index (Phi) is 1.71. The molecule has 0 radical (unpaired) electrons. The quantitative estimate of drug-likeness (QED) is 0.494. The van der Waals surface area contributed by atoms with Gasteiger partial charge in [0.05, 0.1) is 0 Å². The minimum absolute atomic E-state index is 0. The van der Waals surface area contributed by atoms with E-state index in [2.05, 4.69) is 0 Å². The number of nitrogens with zero attached hydrogens (tertiary/aromatic N) is 1. The van der Waals surface area contributed by atoms with Gasteiger partial charge in [-0.05, 0) is 6.42 Å². The highest BCUT2D eigenvalue weighted by atomic mass is 16.2. The van der Waals surface area contributed by atoms with Crippen molar-refractivity contribution >= 4 is 5.91 Å². The van der Waals surface area contributed by atoms with E-state index >= 15 is 0 Å². The van der Waals surface area contributed by atoms with E-state index in [4.69, 9.17) is 5.73 Å². The summed E-state index contributed by atoms with van der Waals surface area (Å²) in [6.45, 7) is 3.17. The van der Waals surface area contributed by atoms with Crippen molar-refractivity contribution in [2.24, 2.45) is 5.73 Å². The summed E-state index contributed by atoms with van der Waals surface area (Å²) in [5.74, 6) is 0.142. The molecule has 0 bridgehead atoms. The van der Waals surface area contributed by atoms with Crippen LogP contribution in [0.25, 0.3) is 0 Å². The standard InChI is InChI=1S/C6H12N2O.H2/c1-5(9)8-3-2-6(7)4-8;/h6H,2-4,7H2,1H3;1H/t6-;/m1./s1. The van der Waals surface area contributed by atoms with Crippen molar-refractivity contribution in [1.29, 1.82) is 0 Å². The normalized spacial score (nSPS) is 26.9. The summed E-state index contributed by atoms with van der Waals surface area (Å²) >= 11 is 0. The van der Waals surface area contributed by atoms with Gasteiger partial charge < -0.3 is 10.6 Å². The average Bonchev–Trinajstić information content (AvgIpc) is 2.14. The Balaban J connectivity index is 0.000000810. The first-order valence-corrected chi connectivity index (χ1v) is 3.21. The topological polar surface area (TPSA) is 46.3 Å². The fourth-order valence-corrected chi connectivity index (χ4v) is 1.07. The summed E-state index contributed by atoms with van der Waals surface area (Å²) in [5.41, 5.74) is 5.57. The van der Waals surface area contributed by atoms with Crippen molar-refractivity contribution in [2.45, 2.75) is 19.4 Å². The Morgan fingerprint density at radius 3 is 2.78 bits per heavy atom. The van der Waals surface area contributed by atoms with Gasteiger partial charge in [-0.1, -0.05) is 0 Å². The Morgan fingerprint density at radius 1 is 1.89 bits per heavy atom. The van der Waals surface area contributed by atoms with Crippen molar-refractivity contribution in [2.75, 3.05) is 13.1 Å². The van der Waals surface area contributed by atoms with Gasteiger partial charge in [-0.2, -0.15) is 0 Å². The molecule has 0 aromatic carbocycles. The van der Waals surface area contributed by atoms with Crippen LogP contribution in [0.2, 0.25) is 0 Å². The van der Waals surface area contributed by atoms with Gasteiger partial charge in [0, 0.05) is 27.5 Å². The third-order valence-electron chi connectivity index (χ3n) is 1.67. The summed E-state index contributed by atoms with van der Waals surface area (Å²) in [6, 6.07) is 0.217. The van der Waals surface area contributed by atoms with Crippen LogP contribution in [0.15, 0.2) is 0 Å². The SMILES string of the molecule is CC(=O)N1CC[C@@H](N)C1.[HH]. The summed E-state index contributed by atoms with van der Waals surface area (Å²) in [4.78, 5) is 12.4. The molecule has 0 saturated carbocycles. The average molecular weight is 130 g/mol. The Morgan fingerprint density at radius 2 is 2.56 bits per heavy atom. The van der Waals surface area contributed by atoms with E-state index in [0.717, 1.165) is 19.5 Å². The highest BCUT2D eigenvalue weighted by molar-refractivity contribution is 5.73. The summed E-state index contributed by atoms with van der Waals surface area (Å²) in [6.07, 6.45) is 0.958. The molecule has 2 N–H and O–H groups in total. The van der Waals surface area contributed by atoms with E-state index in [0.29, 0.717) is 0 Å². The molecule has 3 nitrogen and oxygen atoms in total. The van der Waals surface area contributed by atoms with Gasteiger partial charge in [0.15, 0.2) is 0 Å². The zero-order valence-electron chi connectivity index (χ0n) is 5.63. The first kappa shape index (κ1) is 6.55. The number of rotatable bonds is 0. The Hall–Kier alpha value is -0.570. The van der Waals surface area contributed by atoms with Crippen LogP contribution < -0.4 is 5.73 Å². The molecule has 1 saturated heterocycles. The Bertz CT molecular complexity index is 129. The van der Waals surface area contributed by atoms with Crippen LogP contribution in [0.5, 0.6) is 0 Å². The maximum absolute atomic E-state index is 10.7. The van der Waals surface area contributed by atoms with Gasteiger partial charge in [0.2, 0.25) is 5.91 Å². The lowest BCUT2D eigenvalue weighted by Gasteiger charge is -2.11. The van der Waals surface area contributed by atoms with Crippen molar-refractivity contribution in [3.8, 4) is 0 Å². The van der Waals surface area contributed by atoms with Crippen molar-refractivity contribution < 1.29 is 6.22 Å². The monoisotopic (exact) mass is 130 g/mol. The van der Waals surface area contributed by atoms with Crippen molar-refractivity contribution in [1.82, 2.24) is 4.90 Å². The molecule has 54 valence electrons. The Labute approximate surface area is 56.3 Å². The smallest absolute Gasteiger partial charge is 0.219 e. The van der Waals surface area contributed by atoms with Gasteiger partial charge in [-0.15, -0.1) is 0 Å². The zero-order chi connectivity index (χ0) is 6.85. The summed E-state index contributed by atoms with van der Waals surface area (Å²) in [5, 5.41) is 0. The predicted octanol–water partition coefficient (Wildman–Crippen LogP) is -0.188. The highest BCUT2D eigenvalue weighted by Crippen LogP contribution is 2.05. The number of nitrogens with two attached hydrogens (primary N) is 1. The molecule has 1 rings (SSSR count). The molecule has 0 unspecified atom stereocenters. The highest BCUT2D eigenvalue weighted by Gasteiger charge is 2.20. The first-order valence-electron chi connectivity index (χ1n) is 3.21. The largest absolute Gasteiger partial charge is 0.341 e. The van der Waals surface area contributed by atoms with Crippen LogP contribution >= 0.6 is 0 Å². The van der Waals surface area contributed by atoms with Crippen LogP contribution in [0, 0.1) is 0 Å². The van der Waals surface area contributed by atoms with Crippen LogP contribution in [0.3, 0.4) is 0 Å². The number of carbonyl (C=O) groups is 1. The number of hydrogen-bond acceptors (Lipinski definition) is 2. The van der Waals surface area contributed by atoms with Crippen LogP contribution in [-0.2, 0) is 4.79 Å². The lowest BCUT2D eigenvalue weighted by molar-refractivity contribution is -0.127. The molecular weight excluding hydrogens is 116 g/mol.